The number of halogens is 1. The second kappa shape index (κ2) is 4.97. The molecule has 0 radical (unpaired) electrons. The molecule has 0 aliphatic heterocycles. The first-order chi connectivity index (χ1) is 5.95. The lowest BCUT2D eigenvalue weighted by atomic mass is 10.0. The Balaban J connectivity index is 4.38. The fourth-order valence-electron chi connectivity index (χ4n) is 0.876. The number of alkyl halides is 1. The maximum atomic E-state index is 13.2. The average molecular weight is 190 g/mol. The van der Waals surface area contributed by atoms with Crippen molar-refractivity contribution < 1.29 is 19.0 Å². The number of aliphatic hydroxyl groups is 1. The van der Waals surface area contributed by atoms with Crippen LogP contribution in [-0.4, -0.2) is 29.5 Å². The number of esters is 1. The second-order valence-electron chi connectivity index (χ2n) is 2.84. The van der Waals surface area contributed by atoms with Crippen LogP contribution >= 0.6 is 0 Å². The van der Waals surface area contributed by atoms with Gasteiger partial charge in [0.1, 0.15) is 5.60 Å². The Labute approximate surface area is 77.2 Å². The summed E-state index contributed by atoms with van der Waals surface area (Å²) in [6.07, 6.45) is 0.657. The van der Waals surface area contributed by atoms with E-state index in [2.05, 4.69) is 4.74 Å². The van der Waals surface area contributed by atoms with Gasteiger partial charge >= 0.3 is 5.97 Å². The molecule has 2 unspecified atom stereocenters. The van der Waals surface area contributed by atoms with Gasteiger partial charge in [0.2, 0.25) is 6.17 Å². The van der Waals surface area contributed by atoms with Crippen molar-refractivity contribution in [2.45, 2.75) is 32.5 Å². The van der Waals surface area contributed by atoms with Crippen LogP contribution in [-0.2, 0) is 9.53 Å². The molecule has 0 bridgehead atoms. The van der Waals surface area contributed by atoms with E-state index in [1.54, 1.807) is 13.8 Å². The van der Waals surface area contributed by atoms with Gasteiger partial charge in [0.25, 0.3) is 0 Å². The molecule has 2 atom stereocenters. The summed E-state index contributed by atoms with van der Waals surface area (Å²) < 4.78 is 17.6. The Kier molecular flexibility index (Phi) is 4.62. The maximum absolute atomic E-state index is 13.2. The highest BCUT2D eigenvalue weighted by Crippen LogP contribution is 2.16. The monoisotopic (exact) mass is 190 g/mol. The molecule has 76 valence electrons. The van der Waals surface area contributed by atoms with E-state index < -0.39 is 17.7 Å². The summed E-state index contributed by atoms with van der Waals surface area (Å²) in [5, 5.41) is 9.42. The minimum atomic E-state index is -2.04. The number of carbonyl (C=O) groups is 1. The van der Waals surface area contributed by atoms with Gasteiger partial charge in [-0.1, -0.05) is 12.2 Å². The van der Waals surface area contributed by atoms with Crippen molar-refractivity contribution in [3.8, 4) is 0 Å². The smallest absolute Gasteiger partial charge is 0.344 e. The van der Waals surface area contributed by atoms with Crippen molar-refractivity contribution in [3.63, 3.8) is 0 Å². The lowest BCUT2D eigenvalue weighted by molar-refractivity contribution is -0.156. The van der Waals surface area contributed by atoms with Crippen molar-refractivity contribution in [2.24, 2.45) is 0 Å². The molecule has 4 heteroatoms. The Morgan fingerprint density at radius 1 is 1.77 bits per heavy atom. The van der Waals surface area contributed by atoms with Crippen molar-refractivity contribution in [3.05, 3.63) is 12.2 Å². The van der Waals surface area contributed by atoms with Gasteiger partial charge in [0, 0.05) is 0 Å². The standard InChI is InChI=1S/C9H15FO3/c1-4-6-9(3,12)7(10)8(11)13-5-2/h4,6-7,12H,5H2,1-3H3. The predicted molar refractivity (Wildman–Crippen MR) is 47.0 cm³/mol. The summed E-state index contributed by atoms with van der Waals surface area (Å²) in [5.41, 5.74) is -1.79. The highest BCUT2D eigenvalue weighted by Gasteiger charge is 2.36. The number of carbonyl (C=O) groups excluding carboxylic acids is 1. The van der Waals surface area contributed by atoms with Crippen LogP contribution in [0.25, 0.3) is 0 Å². The number of hydrogen-bond acceptors (Lipinski definition) is 3. The zero-order valence-corrected chi connectivity index (χ0v) is 8.08. The molecule has 0 aliphatic rings. The van der Waals surface area contributed by atoms with Gasteiger partial charge in [-0.2, -0.15) is 0 Å². The Hall–Kier alpha value is -0.900. The maximum Gasteiger partial charge on any atom is 0.344 e. The van der Waals surface area contributed by atoms with Crippen LogP contribution in [0.1, 0.15) is 20.8 Å². The van der Waals surface area contributed by atoms with Crippen LogP contribution in [0.5, 0.6) is 0 Å². The van der Waals surface area contributed by atoms with Gasteiger partial charge in [-0.25, -0.2) is 9.18 Å². The van der Waals surface area contributed by atoms with Crippen LogP contribution in [0.4, 0.5) is 4.39 Å². The molecule has 1 N–H and O–H groups in total. The van der Waals surface area contributed by atoms with Crippen LogP contribution in [0.3, 0.4) is 0 Å². The van der Waals surface area contributed by atoms with Crippen LogP contribution in [0.2, 0.25) is 0 Å². The highest BCUT2D eigenvalue weighted by atomic mass is 19.1. The molecule has 13 heavy (non-hydrogen) atoms. The molecule has 0 saturated heterocycles. The number of rotatable bonds is 4. The van der Waals surface area contributed by atoms with E-state index in [9.17, 15) is 14.3 Å². The van der Waals surface area contributed by atoms with Crippen LogP contribution in [0, 0.1) is 0 Å². The molecule has 0 rings (SSSR count). The summed E-state index contributed by atoms with van der Waals surface area (Å²) in [6, 6.07) is 0. The zero-order valence-electron chi connectivity index (χ0n) is 8.08. The summed E-state index contributed by atoms with van der Waals surface area (Å²) in [5.74, 6) is -1.04. The minimum absolute atomic E-state index is 0.102. The van der Waals surface area contributed by atoms with Gasteiger partial charge in [0.05, 0.1) is 6.61 Å². The lowest BCUT2D eigenvalue weighted by Crippen LogP contribution is -2.40. The Morgan fingerprint density at radius 2 is 2.31 bits per heavy atom. The molecule has 0 amide bonds. The van der Waals surface area contributed by atoms with E-state index in [0.717, 1.165) is 0 Å². The normalized spacial score (nSPS) is 18.2. The van der Waals surface area contributed by atoms with E-state index in [1.165, 1.54) is 19.1 Å². The van der Waals surface area contributed by atoms with Gasteiger partial charge in [-0.3, -0.25) is 0 Å². The summed E-state index contributed by atoms with van der Waals surface area (Å²) in [4.78, 5) is 10.9. The molecule has 0 aliphatic carbocycles. The van der Waals surface area contributed by atoms with E-state index in [1.807, 2.05) is 0 Å². The molecule has 0 aromatic heterocycles. The van der Waals surface area contributed by atoms with Gasteiger partial charge in [-0.05, 0) is 20.8 Å². The third kappa shape index (κ3) is 3.55. The summed E-state index contributed by atoms with van der Waals surface area (Å²) >= 11 is 0. The predicted octanol–water partition coefficient (Wildman–Crippen LogP) is 1.21. The first-order valence-corrected chi connectivity index (χ1v) is 4.12. The fraction of sp³-hybridized carbons (Fsp3) is 0.667. The largest absolute Gasteiger partial charge is 0.464 e. The fourth-order valence-corrected chi connectivity index (χ4v) is 0.876. The zero-order chi connectivity index (χ0) is 10.5. The molecule has 0 saturated carbocycles. The molecule has 0 spiro atoms. The topological polar surface area (TPSA) is 46.5 Å². The molecule has 0 heterocycles. The third-order valence-electron chi connectivity index (χ3n) is 1.51. The molecule has 0 aromatic rings. The number of allylic oxidation sites excluding steroid dienone is 1. The van der Waals surface area contributed by atoms with E-state index in [4.69, 9.17) is 0 Å². The molecular formula is C9H15FO3. The van der Waals surface area contributed by atoms with Crippen molar-refractivity contribution in [1.29, 1.82) is 0 Å². The SMILES string of the molecule is CC=CC(C)(O)C(F)C(=O)OCC. The minimum Gasteiger partial charge on any atom is -0.464 e. The Bertz CT molecular complexity index is 199. The van der Waals surface area contributed by atoms with Gasteiger partial charge in [0.15, 0.2) is 0 Å². The quantitative estimate of drug-likeness (QED) is 0.535. The van der Waals surface area contributed by atoms with Crippen molar-refractivity contribution in [2.75, 3.05) is 6.61 Å². The Morgan fingerprint density at radius 3 is 2.69 bits per heavy atom. The highest BCUT2D eigenvalue weighted by molar-refractivity contribution is 5.76. The summed E-state index contributed by atoms with van der Waals surface area (Å²) in [6.45, 7) is 4.53. The molecule has 0 fully saturated rings. The number of ether oxygens (including phenoxy) is 1. The van der Waals surface area contributed by atoms with Crippen LogP contribution in [0.15, 0.2) is 12.2 Å². The number of hydrogen-bond donors (Lipinski definition) is 1. The molecule has 0 aromatic carbocycles. The molecule has 3 nitrogen and oxygen atoms in total. The van der Waals surface area contributed by atoms with Gasteiger partial charge < -0.3 is 9.84 Å². The van der Waals surface area contributed by atoms with Gasteiger partial charge in [-0.15, -0.1) is 0 Å². The molecular weight excluding hydrogens is 175 g/mol. The van der Waals surface area contributed by atoms with E-state index >= 15 is 0 Å². The van der Waals surface area contributed by atoms with E-state index in [0.29, 0.717) is 0 Å². The lowest BCUT2D eigenvalue weighted by Gasteiger charge is -2.21. The van der Waals surface area contributed by atoms with Crippen molar-refractivity contribution >= 4 is 5.97 Å². The van der Waals surface area contributed by atoms with Crippen molar-refractivity contribution in [1.82, 2.24) is 0 Å². The average Bonchev–Trinajstić information content (AvgIpc) is 2.03. The van der Waals surface area contributed by atoms with E-state index in [-0.39, 0.29) is 6.61 Å². The summed E-state index contributed by atoms with van der Waals surface area (Å²) in [7, 11) is 0. The third-order valence-corrected chi connectivity index (χ3v) is 1.51. The van der Waals surface area contributed by atoms with Crippen LogP contribution < -0.4 is 0 Å². The second-order valence-corrected chi connectivity index (χ2v) is 2.84. The first-order valence-electron chi connectivity index (χ1n) is 4.12. The first kappa shape index (κ1) is 12.1.